The van der Waals surface area contributed by atoms with Gasteiger partial charge in [0, 0.05) is 32.0 Å². The summed E-state index contributed by atoms with van der Waals surface area (Å²) in [5.74, 6) is 0. The molecule has 1 aromatic heterocycles. The highest BCUT2D eigenvalue weighted by Gasteiger charge is 2.39. The van der Waals surface area contributed by atoms with E-state index in [0.29, 0.717) is 5.41 Å². The van der Waals surface area contributed by atoms with Crippen molar-refractivity contribution in [2.75, 3.05) is 26.2 Å². The number of hydrogen-bond acceptors (Lipinski definition) is 3. The molecule has 1 aromatic carbocycles. The molecule has 0 saturated carbocycles. The van der Waals surface area contributed by atoms with Gasteiger partial charge >= 0.3 is 0 Å². The van der Waals surface area contributed by atoms with Crippen LogP contribution in [-0.2, 0) is 6.54 Å². The van der Waals surface area contributed by atoms with Crippen molar-refractivity contribution >= 4 is 12.4 Å². The average Bonchev–Trinajstić information content (AvgIpc) is 3.25. The summed E-state index contributed by atoms with van der Waals surface area (Å²) in [6.07, 6.45) is 6.49. The summed E-state index contributed by atoms with van der Waals surface area (Å²) in [6, 6.07) is 10.7. The van der Waals surface area contributed by atoms with Gasteiger partial charge in [-0.25, -0.2) is 4.68 Å². The van der Waals surface area contributed by atoms with Crippen LogP contribution in [0.3, 0.4) is 0 Å². The van der Waals surface area contributed by atoms with E-state index in [9.17, 15) is 0 Å². The second kappa shape index (κ2) is 6.41. The van der Waals surface area contributed by atoms with Crippen molar-refractivity contribution in [1.29, 1.82) is 0 Å². The summed E-state index contributed by atoms with van der Waals surface area (Å²) in [4.78, 5) is 2.61. The largest absolute Gasteiger partial charge is 0.316 e. The lowest BCUT2D eigenvalue weighted by Crippen LogP contribution is -2.28. The molecule has 1 unspecified atom stereocenters. The molecular formula is C17H23ClN4. The number of halogens is 1. The van der Waals surface area contributed by atoms with Crippen molar-refractivity contribution in [3.05, 3.63) is 48.3 Å². The Balaban J connectivity index is 0.00000144. The molecule has 22 heavy (non-hydrogen) atoms. The second-order valence-corrected chi connectivity index (χ2v) is 6.50. The number of nitrogens with zero attached hydrogens (tertiary/aromatic N) is 3. The minimum atomic E-state index is 0. The monoisotopic (exact) mass is 318 g/mol. The van der Waals surface area contributed by atoms with Crippen molar-refractivity contribution in [1.82, 2.24) is 20.0 Å². The van der Waals surface area contributed by atoms with E-state index in [4.69, 9.17) is 0 Å². The van der Waals surface area contributed by atoms with E-state index in [1.165, 1.54) is 44.6 Å². The molecule has 2 aliphatic heterocycles. The van der Waals surface area contributed by atoms with Gasteiger partial charge in [0.2, 0.25) is 0 Å². The molecule has 5 heteroatoms. The third kappa shape index (κ3) is 3.05. The Hall–Kier alpha value is -1.36. The number of hydrogen-bond donors (Lipinski definition) is 1. The predicted octanol–water partition coefficient (Wildman–Crippen LogP) is 2.48. The summed E-state index contributed by atoms with van der Waals surface area (Å²) in [6.45, 7) is 5.97. The molecule has 2 saturated heterocycles. The van der Waals surface area contributed by atoms with Crippen LogP contribution < -0.4 is 5.32 Å². The number of aromatic nitrogens is 2. The summed E-state index contributed by atoms with van der Waals surface area (Å²) in [5, 5.41) is 7.79. The molecule has 1 spiro atoms. The van der Waals surface area contributed by atoms with Crippen LogP contribution >= 0.6 is 12.4 Å². The van der Waals surface area contributed by atoms with Gasteiger partial charge in [0.05, 0.1) is 5.69 Å². The lowest BCUT2D eigenvalue weighted by molar-refractivity contribution is 0.268. The Morgan fingerprint density at radius 3 is 2.73 bits per heavy atom. The zero-order valence-electron chi connectivity index (χ0n) is 12.7. The maximum Gasteiger partial charge on any atom is 0.0645 e. The van der Waals surface area contributed by atoms with Crippen molar-refractivity contribution in [2.24, 2.45) is 5.41 Å². The van der Waals surface area contributed by atoms with E-state index in [1.54, 1.807) is 0 Å². The highest BCUT2D eigenvalue weighted by Crippen LogP contribution is 2.36. The minimum Gasteiger partial charge on any atom is -0.316 e. The molecule has 2 aliphatic rings. The summed E-state index contributed by atoms with van der Waals surface area (Å²) in [5.41, 5.74) is 3.09. The molecule has 0 radical (unpaired) electrons. The van der Waals surface area contributed by atoms with Gasteiger partial charge < -0.3 is 5.32 Å². The van der Waals surface area contributed by atoms with Crippen LogP contribution in [0.15, 0.2) is 42.7 Å². The minimum absolute atomic E-state index is 0. The SMILES string of the molecule is Cl.c1cnn(-c2ccc(CN3CCC4(CCNC4)C3)cc2)c1. The molecule has 0 aliphatic carbocycles. The number of nitrogens with one attached hydrogen (secondary N) is 1. The van der Waals surface area contributed by atoms with E-state index in [1.807, 2.05) is 23.1 Å². The molecule has 0 bridgehead atoms. The molecule has 118 valence electrons. The fraction of sp³-hybridized carbons (Fsp3) is 0.471. The topological polar surface area (TPSA) is 33.1 Å². The van der Waals surface area contributed by atoms with Crippen LogP contribution in [0.1, 0.15) is 18.4 Å². The van der Waals surface area contributed by atoms with E-state index in [2.05, 4.69) is 39.6 Å². The van der Waals surface area contributed by atoms with E-state index >= 15 is 0 Å². The molecule has 2 fully saturated rings. The Morgan fingerprint density at radius 1 is 1.18 bits per heavy atom. The maximum atomic E-state index is 4.27. The Bertz CT molecular complexity index is 588. The van der Waals surface area contributed by atoms with Crippen LogP contribution in [0.2, 0.25) is 0 Å². The van der Waals surface area contributed by atoms with Gasteiger partial charge in [-0.1, -0.05) is 12.1 Å². The van der Waals surface area contributed by atoms with Gasteiger partial charge in [0.25, 0.3) is 0 Å². The molecule has 3 heterocycles. The molecule has 1 N–H and O–H groups in total. The smallest absolute Gasteiger partial charge is 0.0645 e. The number of likely N-dealkylation sites (tertiary alicyclic amines) is 1. The standard InChI is InChI=1S/C17H22N4.ClH/c1-8-19-21(10-1)16-4-2-15(3-5-16)12-20-11-7-17(14-20)6-9-18-13-17;/h1-5,8,10,18H,6-7,9,11-14H2;1H. The Kier molecular flexibility index (Phi) is 4.52. The van der Waals surface area contributed by atoms with Gasteiger partial charge in [-0.3, -0.25) is 4.90 Å². The molecule has 4 nitrogen and oxygen atoms in total. The Labute approximate surface area is 137 Å². The van der Waals surface area contributed by atoms with Crippen LogP contribution in [0.25, 0.3) is 5.69 Å². The van der Waals surface area contributed by atoms with Crippen molar-refractivity contribution in [2.45, 2.75) is 19.4 Å². The first-order valence-corrected chi connectivity index (χ1v) is 7.85. The van der Waals surface area contributed by atoms with Crippen molar-refractivity contribution in [3.8, 4) is 5.69 Å². The normalized spacial score (nSPS) is 24.7. The molecule has 4 rings (SSSR count). The lowest BCUT2D eigenvalue weighted by atomic mass is 9.86. The van der Waals surface area contributed by atoms with Gasteiger partial charge in [-0.2, -0.15) is 5.10 Å². The molecular weight excluding hydrogens is 296 g/mol. The summed E-state index contributed by atoms with van der Waals surface area (Å²) < 4.78 is 1.90. The highest BCUT2D eigenvalue weighted by atomic mass is 35.5. The van der Waals surface area contributed by atoms with Crippen LogP contribution in [0, 0.1) is 5.41 Å². The first kappa shape index (κ1) is 15.5. The molecule has 1 atom stereocenters. The summed E-state index contributed by atoms with van der Waals surface area (Å²) in [7, 11) is 0. The van der Waals surface area contributed by atoms with Crippen LogP contribution in [-0.4, -0.2) is 40.9 Å². The van der Waals surface area contributed by atoms with Crippen molar-refractivity contribution < 1.29 is 0 Å². The van der Waals surface area contributed by atoms with Crippen molar-refractivity contribution in [3.63, 3.8) is 0 Å². The third-order valence-corrected chi connectivity index (χ3v) is 4.96. The van der Waals surface area contributed by atoms with Gasteiger partial charge in [0.15, 0.2) is 0 Å². The zero-order chi connectivity index (χ0) is 14.1. The number of rotatable bonds is 3. The third-order valence-electron chi connectivity index (χ3n) is 4.96. The predicted molar refractivity (Wildman–Crippen MR) is 90.6 cm³/mol. The van der Waals surface area contributed by atoms with Gasteiger partial charge in [-0.05, 0) is 55.1 Å². The molecule has 2 aromatic rings. The second-order valence-electron chi connectivity index (χ2n) is 6.50. The first-order chi connectivity index (χ1) is 10.3. The summed E-state index contributed by atoms with van der Waals surface area (Å²) >= 11 is 0. The van der Waals surface area contributed by atoms with E-state index in [-0.39, 0.29) is 12.4 Å². The first-order valence-electron chi connectivity index (χ1n) is 7.85. The highest BCUT2D eigenvalue weighted by molar-refractivity contribution is 5.85. The quantitative estimate of drug-likeness (QED) is 0.944. The lowest BCUT2D eigenvalue weighted by Gasteiger charge is -2.22. The fourth-order valence-electron chi connectivity index (χ4n) is 3.74. The fourth-order valence-corrected chi connectivity index (χ4v) is 3.74. The zero-order valence-corrected chi connectivity index (χ0v) is 13.6. The van der Waals surface area contributed by atoms with Crippen LogP contribution in [0.4, 0.5) is 0 Å². The van der Waals surface area contributed by atoms with E-state index < -0.39 is 0 Å². The van der Waals surface area contributed by atoms with Crippen LogP contribution in [0.5, 0.6) is 0 Å². The average molecular weight is 319 g/mol. The van der Waals surface area contributed by atoms with Gasteiger partial charge in [-0.15, -0.1) is 12.4 Å². The maximum absolute atomic E-state index is 4.27. The number of benzene rings is 1. The Morgan fingerprint density at radius 2 is 2.05 bits per heavy atom. The van der Waals surface area contributed by atoms with Gasteiger partial charge in [0.1, 0.15) is 0 Å². The molecule has 0 amide bonds. The van der Waals surface area contributed by atoms with E-state index in [0.717, 1.165) is 12.2 Å².